The van der Waals surface area contributed by atoms with Crippen LogP contribution in [0.25, 0.3) is 0 Å². The molecule has 0 radical (unpaired) electrons. The number of carbonyl (C=O) groups is 2. The number of ether oxygens (including phenoxy) is 1. The normalized spacial score (nSPS) is 15.1. The molecule has 1 aromatic rings. The van der Waals surface area contributed by atoms with Gasteiger partial charge in [-0.05, 0) is 44.4 Å². The summed E-state index contributed by atoms with van der Waals surface area (Å²) in [6.45, 7) is 5.97. The summed E-state index contributed by atoms with van der Waals surface area (Å²) in [6.07, 6.45) is -0.253. The zero-order chi connectivity index (χ0) is 16.5. The number of rotatable bonds is 2. The molecule has 1 aliphatic heterocycles. The molecule has 0 saturated carbocycles. The van der Waals surface area contributed by atoms with Gasteiger partial charge >= 0.3 is 12.1 Å². The van der Waals surface area contributed by atoms with Crippen LogP contribution in [0.2, 0.25) is 0 Å². The lowest BCUT2D eigenvalue weighted by Crippen LogP contribution is -2.47. The number of aromatic carboxylic acids is 1. The SMILES string of the molecule is CC(C)(C)OC(=O)NN1CCc2c(ccc(C(=O)O)c2F)C1. The molecule has 0 aromatic heterocycles. The molecular weight excluding hydrogens is 291 g/mol. The fourth-order valence-electron chi connectivity index (χ4n) is 2.30. The van der Waals surface area contributed by atoms with E-state index < -0.39 is 23.5 Å². The van der Waals surface area contributed by atoms with Gasteiger partial charge in [0.1, 0.15) is 11.4 Å². The van der Waals surface area contributed by atoms with Gasteiger partial charge in [0.25, 0.3) is 0 Å². The van der Waals surface area contributed by atoms with E-state index in [1.807, 2.05) is 0 Å². The van der Waals surface area contributed by atoms with Gasteiger partial charge in [-0.15, -0.1) is 0 Å². The molecule has 0 spiro atoms. The molecule has 0 unspecified atom stereocenters. The van der Waals surface area contributed by atoms with Gasteiger partial charge in [-0.3, -0.25) is 5.43 Å². The van der Waals surface area contributed by atoms with Crippen LogP contribution >= 0.6 is 0 Å². The maximum absolute atomic E-state index is 14.1. The van der Waals surface area contributed by atoms with Crippen molar-refractivity contribution in [3.05, 3.63) is 34.6 Å². The molecule has 1 amide bonds. The molecule has 2 rings (SSSR count). The van der Waals surface area contributed by atoms with Crippen LogP contribution in [0.15, 0.2) is 12.1 Å². The highest BCUT2D eigenvalue weighted by molar-refractivity contribution is 5.88. The Bertz CT molecular complexity index is 610. The monoisotopic (exact) mass is 310 g/mol. The number of hydrazine groups is 1. The number of carboxylic acids is 1. The predicted molar refractivity (Wildman–Crippen MR) is 76.8 cm³/mol. The number of benzene rings is 1. The van der Waals surface area contributed by atoms with Gasteiger partial charge in [0.05, 0.1) is 5.56 Å². The smallest absolute Gasteiger partial charge is 0.422 e. The van der Waals surface area contributed by atoms with Gasteiger partial charge in [-0.2, -0.15) is 0 Å². The molecule has 6 nitrogen and oxygen atoms in total. The second kappa shape index (κ2) is 5.92. The minimum absolute atomic E-state index is 0.297. The molecule has 0 saturated heterocycles. The Morgan fingerprint density at radius 1 is 1.36 bits per heavy atom. The lowest BCUT2D eigenvalue weighted by atomic mass is 9.97. The molecule has 22 heavy (non-hydrogen) atoms. The summed E-state index contributed by atoms with van der Waals surface area (Å²) in [5.41, 5.74) is 2.73. The van der Waals surface area contributed by atoms with Gasteiger partial charge in [-0.25, -0.2) is 19.0 Å². The van der Waals surface area contributed by atoms with Crippen LogP contribution in [0, 0.1) is 5.82 Å². The third-order valence-corrected chi connectivity index (χ3v) is 3.21. The highest BCUT2D eigenvalue weighted by atomic mass is 19.1. The van der Waals surface area contributed by atoms with Crippen LogP contribution in [0.3, 0.4) is 0 Å². The average Bonchev–Trinajstić information content (AvgIpc) is 2.36. The van der Waals surface area contributed by atoms with E-state index >= 15 is 0 Å². The third kappa shape index (κ3) is 3.73. The molecule has 0 atom stereocenters. The first-order valence-corrected chi connectivity index (χ1v) is 6.95. The van der Waals surface area contributed by atoms with E-state index in [4.69, 9.17) is 9.84 Å². The first kappa shape index (κ1) is 16.2. The maximum atomic E-state index is 14.1. The number of amides is 1. The van der Waals surface area contributed by atoms with E-state index in [9.17, 15) is 14.0 Å². The topological polar surface area (TPSA) is 78.9 Å². The van der Waals surface area contributed by atoms with Crippen LogP contribution in [0.1, 0.15) is 42.3 Å². The summed E-state index contributed by atoms with van der Waals surface area (Å²) in [6, 6.07) is 2.82. The summed E-state index contributed by atoms with van der Waals surface area (Å²) in [4.78, 5) is 22.6. The molecule has 2 N–H and O–H groups in total. The van der Waals surface area contributed by atoms with Gasteiger partial charge in [0.15, 0.2) is 0 Å². The summed E-state index contributed by atoms with van der Waals surface area (Å²) in [7, 11) is 0. The van der Waals surface area contributed by atoms with Crippen molar-refractivity contribution >= 4 is 12.1 Å². The zero-order valence-electron chi connectivity index (χ0n) is 12.8. The number of nitrogens with zero attached hydrogens (tertiary/aromatic N) is 1. The van der Waals surface area contributed by atoms with E-state index in [1.54, 1.807) is 31.8 Å². The lowest BCUT2D eigenvalue weighted by Gasteiger charge is -2.30. The van der Waals surface area contributed by atoms with Gasteiger partial charge in [-0.1, -0.05) is 6.07 Å². The van der Waals surface area contributed by atoms with Crippen molar-refractivity contribution in [3.63, 3.8) is 0 Å². The summed E-state index contributed by atoms with van der Waals surface area (Å²) in [5, 5.41) is 10.5. The number of hydrogen-bond donors (Lipinski definition) is 2. The minimum atomic E-state index is -1.28. The van der Waals surface area contributed by atoms with E-state index in [1.165, 1.54) is 6.07 Å². The number of carboxylic acid groups (broad SMARTS) is 1. The maximum Gasteiger partial charge on any atom is 0.422 e. The first-order valence-electron chi connectivity index (χ1n) is 6.95. The van der Waals surface area contributed by atoms with Crippen LogP contribution in [0.5, 0.6) is 0 Å². The van der Waals surface area contributed by atoms with Crippen LogP contribution in [0.4, 0.5) is 9.18 Å². The number of halogens is 1. The standard InChI is InChI=1S/C15H19FN2O4/c1-15(2,3)22-14(21)17-18-7-6-10-9(8-18)4-5-11(12(10)16)13(19)20/h4-5H,6-8H2,1-3H3,(H,17,21)(H,19,20). The predicted octanol–water partition coefficient (Wildman–Crippen LogP) is 2.32. The van der Waals surface area contributed by atoms with Crippen molar-refractivity contribution in [1.29, 1.82) is 0 Å². The van der Waals surface area contributed by atoms with Crippen molar-refractivity contribution in [3.8, 4) is 0 Å². The first-order chi connectivity index (χ1) is 10.2. The molecule has 7 heteroatoms. The Balaban J connectivity index is 2.08. The van der Waals surface area contributed by atoms with E-state index in [0.717, 1.165) is 0 Å². The van der Waals surface area contributed by atoms with Crippen LogP contribution in [-0.2, 0) is 17.7 Å². The molecular formula is C15H19FN2O4. The Kier molecular flexibility index (Phi) is 4.37. The highest BCUT2D eigenvalue weighted by Gasteiger charge is 2.25. The van der Waals surface area contributed by atoms with Gasteiger partial charge in [0, 0.05) is 13.1 Å². The molecule has 1 aliphatic rings. The highest BCUT2D eigenvalue weighted by Crippen LogP contribution is 2.23. The Morgan fingerprint density at radius 3 is 2.64 bits per heavy atom. The van der Waals surface area contributed by atoms with Crippen molar-refractivity contribution in [2.45, 2.75) is 39.3 Å². The second-order valence-corrected chi connectivity index (χ2v) is 6.16. The summed E-state index contributed by atoms with van der Waals surface area (Å²) in [5.74, 6) is -1.98. The molecule has 120 valence electrons. The molecule has 0 aliphatic carbocycles. The second-order valence-electron chi connectivity index (χ2n) is 6.16. The molecule has 1 heterocycles. The van der Waals surface area contributed by atoms with Crippen molar-refractivity contribution in [1.82, 2.24) is 10.4 Å². The molecule has 0 bridgehead atoms. The number of fused-ring (bicyclic) bond motifs is 1. The van der Waals surface area contributed by atoms with E-state index in [-0.39, 0.29) is 5.56 Å². The Hall–Kier alpha value is -2.15. The van der Waals surface area contributed by atoms with E-state index in [2.05, 4.69) is 5.43 Å². The minimum Gasteiger partial charge on any atom is -0.478 e. The average molecular weight is 310 g/mol. The summed E-state index contributed by atoms with van der Waals surface area (Å²) >= 11 is 0. The van der Waals surface area contributed by atoms with Crippen molar-refractivity contribution in [2.75, 3.05) is 6.54 Å². The number of nitrogens with one attached hydrogen (secondary N) is 1. The number of carbonyl (C=O) groups excluding carboxylic acids is 1. The largest absolute Gasteiger partial charge is 0.478 e. The van der Waals surface area contributed by atoms with Gasteiger partial charge in [0.2, 0.25) is 0 Å². The fourth-order valence-corrected chi connectivity index (χ4v) is 2.30. The van der Waals surface area contributed by atoms with Crippen LogP contribution < -0.4 is 5.43 Å². The lowest BCUT2D eigenvalue weighted by molar-refractivity contribution is 0.0306. The Morgan fingerprint density at radius 2 is 2.05 bits per heavy atom. The van der Waals surface area contributed by atoms with Crippen molar-refractivity contribution < 1.29 is 23.8 Å². The van der Waals surface area contributed by atoms with Crippen LogP contribution in [-0.4, -0.2) is 34.3 Å². The molecule has 0 fully saturated rings. The summed E-state index contributed by atoms with van der Waals surface area (Å²) < 4.78 is 19.3. The van der Waals surface area contributed by atoms with E-state index in [0.29, 0.717) is 30.6 Å². The quantitative estimate of drug-likeness (QED) is 0.876. The number of hydrogen-bond acceptors (Lipinski definition) is 4. The Labute approximate surface area is 127 Å². The third-order valence-electron chi connectivity index (χ3n) is 3.21. The molecule has 1 aromatic carbocycles. The zero-order valence-corrected chi connectivity index (χ0v) is 12.8. The fraction of sp³-hybridized carbons (Fsp3) is 0.467. The van der Waals surface area contributed by atoms with Crippen molar-refractivity contribution in [2.24, 2.45) is 0 Å². The van der Waals surface area contributed by atoms with Gasteiger partial charge < -0.3 is 9.84 Å².